The fourth-order valence-electron chi connectivity index (χ4n) is 5.51. The van der Waals surface area contributed by atoms with Crippen LogP contribution in [0.2, 0.25) is 0 Å². The highest BCUT2D eigenvalue weighted by Crippen LogP contribution is 2.53. The maximum absolute atomic E-state index is 13.8. The van der Waals surface area contributed by atoms with E-state index in [-0.39, 0.29) is 10.2 Å². The molecule has 1 unspecified atom stereocenters. The standard InChI is InChI=1S/C32H36NO5PS2/c34-29(23-39(36,37)19-11-10-14-25-12-4-1-5-13-25)33-24-32(40-20-21-41-32)22-28(33)31(35)38-30(26-15-6-2-7-16-26)27-17-8-3-9-18-27/h1-9,12-13,15-18,28,30H,10-11,14,19-24H2,(H,36,37)/t28-/m0/s1. The van der Waals surface area contributed by atoms with E-state index in [1.54, 1.807) is 23.5 Å². The first-order chi connectivity index (χ1) is 19.8. The molecule has 3 aromatic rings. The van der Waals surface area contributed by atoms with E-state index >= 15 is 0 Å². The Balaban J connectivity index is 1.27. The maximum atomic E-state index is 13.8. The van der Waals surface area contributed by atoms with Crippen LogP contribution in [0, 0.1) is 0 Å². The van der Waals surface area contributed by atoms with Gasteiger partial charge in [0.15, 0.2) is 6.10 Å². The quantitative estimate of drug-likeness (QED) is 0.153. The van der Waals surface area contributed by atoms with E-state index < -0.39 is 37.6 Å². The third-order valence-corrected chi connectivity index (χ3v) is 12.8. The number of likely N-dealkylation sites (tertiary alicyclic amines) is 1. The average Bonchev–Trinajstić information content (AvgIpc) is 3.62. The van der Waals surface area contributed by atoms with Gasteiger partial charge in [0.25, 0.3) is 0 Å². The van der Waals surface area contributed by atoms with Crippen molar-refractivity contribution in [3.8, 4) is 0 Å². The predicted octanol–water partition coefficient (Wildman–Crippen LogP) is 6.39. The lowest BCUT2D eigenvalue weighted by Gasteiger charge is -2.27. The molecule has 216 valence electrons. The predicted molar refractivity (Wildman–Crippen MR) is 168 cm³/mol. The summed E-state index contributed by atoms with van der Waals surface area (Å²) in [5.41, 5.74) is 2.88. The zero-order valence-corrected chi connectivity index (χ0v) is 25.5. The molecule has 2 fully saturated rings. The van der Waals surface area contributed by atoms with Crippen LogP contribution in [0.15, 0.2) is 91.0 Å². The lowest BCUT2D eigenvalue weighted by atomic mass is 10.0. The van der Waals surface area contributed by atoms with E-state index in [4.69, 9.17) is 4.74 Å². The van der Waals surface area contributed by atoms with E-state index in [1.807, 2.05) is 91.0 Å². The third kappa shape index (κ3) is 7.86. The molecular weight excluding hydrogens is 573 g/mol. The number of carbonyl (C=O) groups excluding carboxylic acids is 2. The maximum Gasteiger partial charge on any atom is 0.329 e. The molecule has 0 saturated carbocycles. The summed E-state index contributed by atoms with van der Waals surface area (Å²) >= 11 is 3.54. The average molecular weight is 610 g/mol. The van der Waals surface area contributed by atoms with Gasteiger partial charge < -0.3 is 14.5 Å². The van der Waals surface area contributed by atoms with Gasteiger partial charge in [0.1, 0.15) is 12.2 Å². The molecule has 2 heterocycles. The van der Waals surface area contributed by atoms with Crippen LogP contribution in [-0.4, -0.2) is 62.2 Å². The molecule has 1 N–H and O–H groups in total. The highest BCUT2D eigenvalue weighted by atomic mass is 32.2. The molecule has 2 aliphatic heterocycles. The second-order valence-corrected chi connectivity index (χ2v) is 16.3. The smallest absolute Gasteiger partial charge is 0.329 e. The van der Waals surface area contributed by atoms with Crippen LogP contribution in [0.3, 0.4) is 0 Å². The Bertz CT molecular complexity index is 1310. The van der Waals surface area contributed by atoms with E-state index in [0.29, 0.717) is 19.4 Å². The number of amides is 1. The molecule has 1 amide bonds. The van der Waals surface area contributed by atoms with E-state index in [9.17, 15) is 19.0 Å². The topological polar surface area (TPSA) is 83.9 Å². The van der Waals surface area contributed by atoms with Crippen molar-refractivity contribution in [3.63, 3.8) is 0 Å². The Morgan fingerprint density at radius 3 is 2.05 bits per heavy atom. The number of unbranched alkanes of at least 4 members (excludes halogenated alkanes) is 1. The van der Waals surface area contributed by atoms with Crippen LogP contribution in [-0.2, 0) is 25.3 Å². The number of esters is 1. The van der Waals surface area contributed by atoms with Crippen molar-refractivity contribution in [1.29, 1.82) is 0 Å². The van der Waals surface area contributed by atoms with Gasteiger partial charge in [-0.05, 0) is 36.0 Å². The lowest BCUT2D eigenvalue weighted by molar-refractivity contribution is -0.156. The van der Waals surface area contributed by atoms with Gasteiger partial charge in [0.2, 0.25) is 13.3 Å². The van der Waals surface area contributed by atoms with Gasteiger partial charge in [-0.25, -0.2) is 4.79 Å². The van der Waals surface area contributed by atoms with Gasteiger partial charge in [0.05, 0.1) is 4.08 Å². The molecule has 41 heavy (non-hydrogen) atoms. The summed E-state index contributed by atoms with van der Waals surface area (Å²) in [5, 5.41) is 0. The number of carbonyl (C=O) groups is 2. The molecule has 2 atom stereocenters. The van der Waals surface area contributed by atoms with Crippen molar-refractivity contribution < 1.29 is 23.8 Å². The molecule has 9 heteroatoms. The second-order valence-electron chi connectivity index (χ2n) is 10.7. The lowest BCUT2D eigenvalue weighted by Crippen LogP contribution is -2.43. The minimum absolute atomic E-state index is 0.0905. The minimum atomic E-state index is -3.70. The van der Waals surface area contributed by atoms with Crippen LogP contribution >= 0.6 is 30.9 Å². The number of hydrogen-bond donors (Lipinski definition) is 1. The summed E-state index contributed by atoms with van der Waals surface area (Å²) in [7, 11) is -3.70. The summed E-state index contributed by atoms with van der Waals surface area (Å²) in [6.45, 7) is 0.371. The van der Waals surface area contributed by atoms with Crippen molar-refractivity contribution in [1.82, 2.24) is 4.90 Å². The van der Waals surface area contributed by atoms with Crippen molar-refractivity contribution >= 4 is 42.8 Å². The fourth-order valence-corrected chi connectivity index (χ4v) is 10.2. The van der Waals surface area contributed by atoms with Gasteiger partial charge >= 0.3 is 5.97 Å². The molecule has 0 radical (unpaired) electrons. The van der Waals surface area contributed by atoms with Crippen molar-refractivity contribution in [2.75, 3.05) is 30.4 Å². The number of benzene rings is 3. The van der Waals surface area contributed by atoms with Gasteiger partial charge in [-0.3, -0.25) is 9.36 Å². The number of aryl methyl sites for hydroxylation is 1. The first-order valence-electron chi connectivity index (χ1n) is 14.1. The van der Waals surface area contributed by atoms with Crippen molar-refractivity contribution in [3.05, 3.63) is 108 Å². The Hall–Kier alpha value is -2.51. The summed E-state index contributed by atoms with van der Waals surface area (Å²) in [6, 6.07) is 28.4. The Labute approximate surface area is 250 Å². The van der Waals surface area contributed by atoms with Gasteiger partial charge in [-0.2, -0.15) is 0 Å². The molecule has 2 saturated heterocycles. The van der Waals surface area contributed by atoms with Crippen LogP contribution in [0.5, 0.6) is 0 Å². The first-order valence-corrected chi connectivity index (χ1v) is 18.1. The molecule has 0 aromatic heterocycles. The van der Waals surface area contributed by atoms with Gasteiger partial charge in [-0.15, -0.1) is 23.5 Å². The number of nitrogens with zero attached hydrogens (tertiary/aromatic N) is 1. The molecule has 5 rings (SSSR count). The molecule has 2 aliphatic rings. The second kappa shape index (κ2) is 13.6. The van der Waals surface area contributed by atoms with Crippen LogP contribution in [0.25, 0.3) is 0 Å². The van der Waals surface area contributed by atoms with E-state index in [1.165, 1.54) is 10.5 Å². The van der Waals surface area contributed by atoms with Crippen LogP contribution < -0.4 is 0 Å². The number of hydrogen-bond acceptors (Lipinski definition) is 6. The number of rotatable bonds is 11. The van der Waals surface area contributed by atoms with Crippen LogP contribution in [0.4, 0.5) is 0 Å². The molecule has 6 nitrogen and oxygen atoms in total. The monoisotopic (exact) mass is 609 g/mol. The van der Waals surface area contributed by atoms with Gasteiger partial charge in [0, 0.05) is 30.6 Å². The summed E-state index contributed by atoms with van der Waals surface area (Å²) in [5.74, 6) is 0.981. The van der Waals surface area contributed by atoms with Gasteiger partial charge in [-0.1, -0.05) is 91.0 Å². The molecule has 0 aliphatic carbocycles. The third-order valence-electron chi connectivity index (χ3n) is 7.58. The number of thioether (sulfide) groups is 2. The normalized spacial score (nSPS) is 19.4. The minimum Gasteiger partial charge on any atom is -0.451 e. The highest BCUT2D eigenvalue weighted by Gasteiger charge is 2.52. The highest BCUT2D eigenvalue weighted by molar-refractivity contribution is 8.21. The Morgan fingerprint density at radius 1 is 0.902 bits per heavy atom. The van der Waals surface area contributed by atoms with E-state index in [2.05, 4.69) is 0 Å². The largest absolute Gasteiger partial charge is 0.451 e. The van der Waals surface area contributed by atoms with Crippen LogP contribution in [0.1, 0.15) is 42.1 Å². The Kier molecular flexibility index (Phi) is 9.97. The summed E-state index contributed by atoms with van der Waals surface area (Å²) < 4.78 is 19.0. The zero-order valence-electron chi connectivity index (χ0n) is 23.0. The molecule has 1 spiro atoms. The molecule has 3 aromatic carbocycles. The fraction of sp³-hybridized carbons (Fsp3) is 0.375. The van der Waals surface area contributed by atoms with Crippen molar-refractivity contribution in [2.45, 2.75) is 41.9 Å². The van der Waals surface area contributed by atoms with Crippen molar-refractivity contribution in [2.24, 2.45) is 0 Å². The van der Waals surface area contributed by atoms with E-state index in [0.717, 1.165) is 35.5 Å². The Morgan fingerprint density at radius 2 is 1.46 bits per heavy atom. The summed E-state index contributed by atoms with van der Waals surface area (Å²) in [6.07, 6.45) is 1.66. The first kappa shape index (κ1) is 30.0. The summed E-state index contributed by atoms with van der Waals surface area (Å²) in [4.78, 5) is 39.6. The molecular formula is C32H36NO5PS2. The SMILES string of the molecule is O=C(OC(c1ccccc1)c1ccccc1)[C@@H]1CC2(CN1C(=O)CP(=O)(O)CCCCc1ccccc1)SCCS2. The zero-order chi connectivity index (χ0) is 28.7. The number of ether oxygens (including phenoxy) is 1. The molecule has 0 bridgehead atoms.